The summed E-state index contributed by atoms with van der Waals surface area (Å²) >= 11 is 0. The molecular weight excluding hydrogens is 763 g/mol. The van der Waals surface area contributed by atoms with Crippen LogP contribution in [-0.4, -0.2) is 0 Å². The van der Waals surface area contributed by atoms with Crippen molar-refractivity contribution in [2.75, 3.05) is 4.90 Å². The second kappa shape index (κ2) is 15.1. The highest BCUT2D eigenvalue weighted by molar-refractivity contribution is 6.09. The molecule has 12 rings (SSSR count). The van der Waals surface area contributed by atoms with Crippen LogP contribution in [0.4, 0.5) is 17.1 Å². The van der Waals surface area contributed by atoms with Gasteiger partial charge in [0.2, 0.25) is 0 Å². The van der Waals surface area contributed by atoms with E-state index in [0.717, 1.165) is 61.3 Å². The largest absolute Gasteiger partial charge is 0.455 e. The number of para-hydroxylation sites is 3. The Labute approximate surface area is 367 Å². The molecule has 1 heterocycles. The molecule has 0 bridgehead atoms. The SMILES string of the molecule is c1ccc(-c2cccc(-c3ccccc3N(c3ccc(-c4cccc5c4oc4ccccc45)cc3)c3ccc(C4(c5ccccc5)c5ccccc5-c5ccccc54)cc3)c2)cc1. The van der Waals surface area contributed by atoms with Crippen LogP contribution in [0.2, 0.25) is 0 Å². The van der Waals surface area contributed by atoms with Crippen molar-refractivity contribution in [1.29, 1.82) is 0 Å². The van der Waals surface area contributed by atoms with Gasteiger partial charge in [-0.05, 0) is 98.1 Å². The van der Waals surface area contributed by atoms with Gasteiger partial charge >= 0.3 is 0 Å². The molecule has 1 aliphatic carbocycles. The number of hydrogen-bond donors (Lipinski definition) is 0. The zero-order chi connectivity index (χ0) is 41.7. The Morgan fingerprint density at radius 1 is 0.317 bits per heavy atom. The summed E-state index contributed by atoms with van der Waals surface area (Å²) in [5.41, 5.74) is 19.1. The molecule has 63 heavy (non-hydrogen) atoms. The number of rotatable bonds is 8. The molecule has 0 saturated heterocycles. The van der Waals surface area contributed by atoms with Crippen molar-refractivity contribution in [3.63, 3.8) is 0 Å². The van der Waals surface area contributed by atoms with Crippen molar-refractivity contribution in [2.24, 2.45) is 0 Å². The van der Waals surface area contributed by atoms with Gasteiger partial charge in [0.25, 0.3) is 0 Å². The maximum Gasteiger partial charge on any atom is 0.143 e. The first-order valence-corrected chi connectivity index (χ1v) is 21.7. The van der Waals surface area contributed by atoms with Gasteiger partial charge in [-0.1, -0.05) is 206 Å². The third kappa shape index (κ3) is 5.95. The standard InChI is InChI=1S/C61H41NO/c1-3-17-42(18-4-1)44-19-15-20-45(41-44)50-23-9-13-31-58(50)62(48-37-33-43(34-38-48)51-27-16-28-55-54-26-10-14-32-59(54)63-60(51)55)49-39-35-47(36-40-49)61(46-21-5-2-6-22-46)56-29-11-7-24-52(56)53-25-8-12-30-57(53)61/h1-41H. The summed E-state index contributed by atoms with van der Waals surface area (Å²) in [6, 6.07) is 90.2. The highest BCUT2D eigenvalue weighted by Gasteiger charge is 2.45. The summed E-state index contributed by atoms with van der Waals surface area (Å²) < 4.78 is 6.49. The fourth-order valence-electron chi connectivity index (χ4n) is 10.2. The first-order valence-electron chi connectivity index (χ1n) is 21.7. The molecule has 0 amide bonds. The molecule has 0 atom stereocenters. The van der Waals surface area contributed by atoms with Crippen LogP contribution in [0, 0.1) is 0 Å². The minimum absolute atomic E-state index is 0.479. The Hall–Kier alpha value is -8.20. The van der Waals surface area contributed by atoms with Crippen LogP contribution < -0.4 is 4.90 Å². The molecule has 0 saturated carbocycles. The molecule has 2 heteroatoms. The van der Waals surface area contributed by atoms with E-state index in [1.165, 1.54) is 44.5 Å². The van der Waals surface area contributed by atoms with Gasteiger partial charge in [-0.3, -0.25) is 0 Å². The van der Waals surface area contributed by atoms with Crippen LogP contribution >= 0.6 is 0 Å². The van der Waals surface area contributed by atoms with E-state index in [1.807, 2.05) is 12.1 Å². The summed E-state index contributed by atoms with van der Waals surface area (Å²) in [6.45, 7) is 0. The van der Waals surface area contributed by atoms with E-state index in [4.69, 9.17) is 4.42 Å². The molecular formula is C61H41NO. The second-order valence-electron chi connectivity index (χ2n) is 16.4. The van der Waals surface area contributed by atoms with E-state index in [9.17, 15) is 0 Å². The molecule has 1 aromatic heterocycles. The highest BCUT2D eigenvalue weighted by Crippen LogP contribution is 2.56. The Morgan fingerprint density at radius 2 is 0.825 bits per heavy atom. The first kappa shape index (κ1) is 36.6. The predicted octanol–water partition coefficient (Wildman–Crippen LogP) is 16.4. The van der Waals surface area contributed by atoms with Crippen LogP contribution in [0.1, 0.15) is 22.3 Å². The topological polar surface area (TPSA) is 16.4 Å². The molecule has 1 aliphatic rings. The number of hydrogen-bond acceptors (Lipinski definition) is 2. The molecule has 0 radical (unpaired) electrons. The fraction of sp³-hybridized carbons (Fsp3) is 0.0164. The van der Waals surface area contributed by atoms with Crippen molar-refractivity contribution in [2.45, 2.75) is 5.41 Å². The summed E-state index contributed by atoms with van der Waals surface area (Å²) in [4.78, 5) is 2.41. The van der Waals surface area contributed by atoms with Gasteiger partial charge in [-0.25, -0.2) is 0 Å². The van der Waals surface area contributed by atoms with Crippen molar-refractivity contribution >= 4 is 39.0 Å². The van der Waals surface area contributed by atoms with E-state index in [2.05, 4.69) is 241 Å². The van der Waals surface area contributed by atoms with Gasteiger partial charge in [0.1, 0.15) is 11.2 Å². The molecule has 0 fully saturated rings. The van der Waals surface area contributed by atoms with Gasteiger partial charge in [0.05, 0.1) is 11.1 Å². The molecule has 2 nitrogen and oxygen atoms in total. The molecule has 10 aromatic carbocycles. The second-order valence-corrected chi connectivity index (χ2v) is 16.4. The van der Waals surface area contributed by atoms with Crippen LogP contribution in [0.5, 0.6) is 0 Å². The van der Waals surface area contributed by atoms with E-state index >= 15 is 0 Å². The van der Waals surface area contributed by atoms with E-state index < -0.39 is 5.41 Å². The van der Waals surface area contributed by atoms with Gasteiger partial charge in [0, 0.05) is 33.3 Å². The fourth-order valence-corrected chi connectivity index (χ4v) is 10.2. The van der Waals surface area contributed by atoms with Crippen LogP contribution in [-0.2, 0) is 5.41 Å². The Kier molecular flexibility index (Phi) is 8.76. The lowest BCUT2D eigenvalue weighted by molar-refractivity contribution is 0.670. The van der Waals surface area contributed by atoms with Gasteiger partial charge in [0.15, 0.2) is 0 Å². The quantitative estimate of drug-likeness (QED) is 0.152. The lowest BCUT2D eigenvalue weighted by Gasteiger charge is -2.34. The van der Waals surface area contributed by atoms with Crippen LogP contribution in [0.15, 0.2) is 253 Å². The van der Waals surface area contributed by atoms with E-state index in [-0.39, 0.29) is 0 Å². The Bertz CT molecular complexity index is 3390. The number of benzene rings is 10. The zero-order valence-electron chi connectivity index (χ0n) is 34.5. The summed E-state index contributed by atoms with van der Waals surface area (Å²) in [5, 5.41) is 2.26. The van der Waals surface area contributed by atoms with Crippen molar-refractivity contribution < 1.29 is 4.42 Å². The summed E-state index contributed by atoms with van der Waals surface area (Å²) in [6.07, 6.45) is 0. The zero-order valence-corrected chi connectivity index (χ0v) is 34.5. The minimum Gasteiger partial charge on any atom is -0.455 e. The van der Waals surface area contributed by atoms with Crippen LogP contribution in [0.3, 0.4) is 0 Å². The van der Waals surface area contributed by atoms with E-state index in [0.29, 0.717) is 0 Å². The predicted molar refractivity (Wildman–Crippen MR) is 262 cm³/mol. The van der Waals surface area contributed by atoms with Crippen molar-refractivity contribution in [1.82, 2.24) is 0 Å². The third-order valence-corrected chi connectivity index (χ3v) is 13.0. The van der Waals surface area contributed by atoms with E-state index in [1.54, 1.807) is 0 Å². The summed E-state index contributed by atoms with van der Waals surface area (Å²) in [5.74, 6) is 0. The molecule has 0 aliphatic heterocycles. The lowest BCUT2D eigenvalue weighted by atomic mass is 9.68. The monoisotopic (exact) mass is 803 g/mol. The Balaban J connectivity index is 1.03. The maximum absolute atomic E-state index is 6.49. The van der Waals surface area contributed by atoms with Gasteiger partial charge < -0.3 is 9.32 Å². The average Bonchev–Trinajstić information content (AvgIpc) is 3.90. The molecule has 0 spiro atoms. The molecule has 296 valence electrons. The molecule has 0 N–H and O–H groups in total. The first-order chi connectivity index (χ1) is 31.3. The van der Waals surface area contributed by atoms with Gasteiger partial charge in [-0.15, -0.1) is 0 Å². The Morgan fingerprint density at radius 3 is 1.56 bits per heavy atom. The average molecular weight is 804 g/mol. The number of furan rings is 1. The molecule has 0 unspecified atom stereocenters. The minimum atomic E-state index is -0.479. The van der Waals surface area contributed by atoms with Crippen LogP contribution in [0.25, 0.3) is 66.4 Å². The normalized spacial score (nSPS) is 12.6. The molecule has 11 aromatic rings. The third-order valence-electron chi connectivity index (χ3n) is 13.0. The van der Waals surface area contributed by atoms with Crippen molar-refractivity contribution in [3.05, 3.63) is 271 Å². The van der Waals surface area contributed by atoms with Gasteiger partial charge in [-0.2, -0.15) is 0 Å². The maximum atomic E-state index is 6.49. The summed E-state index contributed by atoms with van der Waals surface area (Å²) in [7, 11) is 0. The number of anilines is 3. The lowest BCUT2D eigenvalue weighted by Crippen LogP contribution is -2.28. The number of fused-ring (bicyclic) bond motifs is 6. The smallest absolute Gasteiger partial charge is 0.143 e. The number of nitrogens with zero attached hydrogens (tertiary/aromatic N) is 1. The van der Waals surface area contributed by atoms with Crippen molar-refractivity contribution in [3.8, 4) is 44.5 Å². The highest BCUT2D eigenvalue weighted by atomic mass is 16.3.